The number of methoxy groups -OCH3 is 1. The van der Waals surface area contributed by atoms with Crippen molar-refractivity contribution in [1.82, 2.24) is 0 Å². The van der Waals surface area contributed by atoms with Crippen molar-refractivity contribution in [2.75, 3.05) is 7.11 Å². The van der Waals surface area contributed by atoms with Crippen molar-refractivity contribution >= 4 is 23.2 Å². The highest BCUT2D eigenvalue weighted by Gasteiger charge is 2.09. The number of hydrogen-bond donors (Lipinski definition) is 1. The molecule has 1 atom stereocenters. The summed E-state index contributed by atoms with van der Waals surface area (Å²) in [5, 5.41) is 1.17. The van der Waals surface area contributed by atoms with Crippen LogP contribution in [0.4, 0.5) is 0 Å². The van der Waals surface area contributed by atoms with Crippen molar-refractivity contribution in [1.29, 1.82) is 0 Å². The Balaban J connectivity index is 2.15. The lowest BCUT2D eigenvalue weighted by molar-refractivity contribution is 0.297. The number of hydrogen-bond acceptors (Lipinski definition) is 3. The average Bonchev–Trinajstić information content (AvgIpc) is 2.46. The van der Waals surface area contributed by atoms with Gasteiger partial charge in [0.1, 0.15) is 18.1 Å². The van der Waals surface area contributed by atoms with Crippen molar-refractivity contribution in [3.63, 3.8) is 0 Å². The monoisotopic (exact) mass is 325 g/mol. The molecule has 0 aliphatic rings. The topological polar surface area (TPSA) is 44.5 Å². The van der Waals surface area contributed by atoms with E-state index >= 15 is 0 Å². The van der Waals surface area contributed by atoms with Crippen LogP contribution in [-0.4, -0.2) is 7.11 Å². The van der Waals surface area contributed by atoms with Crippen molar-refractivity contribution in [2.24, 2.45) is 5.73 Å². The minimum atomic E-state index is -0.0652. The molecule has 112 valence electrons. The number of ether oxygens (including phenoxy) is 2. The van der Waals surface area contributed by atoms with Gasteiger partial charge in [0.15, 0.2) is 0 Å². The number of rotatable bonds is 5. The molecular weight excluding hydrogens is 309 g/mol. The van der Waals surface area contributed by atoms with Crippen LogP contribution >= 0.6 is 23.2 Å². The molecule has 0 amide bonds. The Kier molecular flexibility index (Phi) is 5.34. The fourth-order valence-electron chi connectivity index (χ4n) is 1.93. The Hall–Kier alpha value is -1.42. The molecule has 21 heavy (non-hydrogen) atoms. The number of nitrogens with two attached hydrogens (primary N) is 1. The van der Waals surface area contributed by atoms with Crippen LogP contribution in [0.15, 0.2) is 36.4 Å². The second-order valence-electron chi connectivity index (χ2n) is 4.72. The summed E-state index contributed by atoms with van der Waals surface area (Å²) < 4.78 is 11.0. The lowest BCUT2D eigenvalue weighted by Crippen LogP contribution is -2.05. The summed E-state index contributed by atoms with van der Waals surface area (Å²) >= 11 is 12.2. The minimum Gasteiger partial charge on any atom is -0.496 e. The standard InChI is InChI=1S/C16H17Cl2NO2/c1-10(19)11-3-5-16(14(18)8-11)21-9-12-7-13(17)4-6-15(12)20-2/h3-8,10H,9,19H2,1-2H3/t10-/m1/s1. The van der Waals surface area contributed by atoms with Gasteiger partial charge in [0.2, 0.25) is 0 Å². The van der Waals surface area contributed by atoms with E-state index in [2.05, 4.69) is 0 Å². The Morgan fingerprint density at radius 2 is 1.81 bits per heavy atom. The lowest BCUT2D eigenvalue weighted by atomic mass is 10.1. The summed E-state index contributed by atoms with van der Waals surface area (Å²) in [5.41, 5.74) is 7.65. The summed E-state index contributed by atoms with van der Waals surface area (Å²) in [6, 6.07) is 10.9. The third kappa shape index (κ3) is 4.03. The van der Waals surface area contributed by atoms with Crippen molar-refractivity contribution in [3.8, 4) is 11.5 Å². The largest absolute Gasteiger partial charge is 0.496 e. The maximum absolute atomic E-state index is 6.21. The second kappa shape index (κ2) is 7.03. The van der Waals surface area contributed by atoms with Crippen LogP contribution < -0.4 is 15.2 Å². The van der Waals surface area contributed by atoms with Crippen LogP contribution in [-0.2, 0) is 6.61 Å². The van der Waals surface area contributed by atoms with Gasteiger partial charge in [0, 0.05) is 16.6 Å². The molecule has 0 saturated carbocycles. The van der Waals surface area contributed by atoms with Crippen LogP contribution in [0.2, 0.25) is 10.0 Å². The molecule has 5 heteroatoms. The molecule has 0 heterocycles. The first kappa shape index (κ1) is 16.0. The van der Waals surface area contributed by atoms with Crippen LogP contribution in [0, 0.1) is 0 Å². The third-order valence-electron chi connectivity index (χ3n) is 3.11. The maximum atomic E-state index is 6.21. The summed E-state index contributed by atoms with van der Waals surface area (Å²) in [5.74, 6) is 1.32. The first-order valence-corrected chi connectivity index (χ1v) is 7.27. The van der Waals surface area contributed by atoms with Gasteiger partial charge in [0.25, 0.3) is 0 Å². The third-order valence-corrected chi connectivity index (χ3v) is 3.64. The van der Waals surface area contributed by atoms with Crippen molar-refractivity contribution < 1.29 is 9.47 Å². The van der Waals surface area contributed by atoms with E-state index in [4.69, 9.17) is 38.4 Å². The van der Waals surface area contributed by atoms with E-state index in [1.54, 1.807) is 13.2 Å². The molecule has 0 aliphatic heterocycles. The van der Waals surface area contributed by atoms with E-state index in [-0.39, 0.29) is 6.04 Å². The van der Waals surface area contributed by atoms with Gasteiger partial charge in [0.05, 0.1) is 12.1 Å². The molecule has 0 aliphatic carbocycles. The van der Waals surface area contributed by atoms with Gasteiger partial charge < -0.3 is 15.2 Å². The second-order valence-corrected chi connectivity index (χ2v) is 5.57. The predicted octanol–water partition coefficient (Wildman–Crippen LogP) is 4.60. The molecule has 2 rings (SSSR count). The molecule has 0 unspecified atom stereocenters. The number of halogens is 2. The first-order chi connectivity index (χ1) is 10.0. The van der Waals surface area contributed by atoms with Gasteiger partial charge in [-0.15, -0.1) is 0 Å². The van der Waals surface area contributed by atoms with Gasteiger partial charge in [-0.05, 0) is 42.8 Å². The van der Waals surface area contributed by atoms with Crippen LogP contribution in [0.1, 0.15) is 24.1 Å². The van der Waals surface area contributed by atoms with Crippen LogP contribution in [0.3, 0.4) is 0 Å². The molecule has 0 spiro atoms. The zero-order valence-corrected chi connectivity index (χ0v) is 13.4. The highest BCUT2D eigenvalue weighted by Crippen LogP contribution is 2.30. The molecular formula is C16H17Cl2NO2. The molecule has 0 aromatic heterocycles. The highest BCUT2D eigenvalue weighted by atomic mass is 35.5. The summed E-state index contributed by atoms with van der Waals surface area (Å²) in [6.07, 6.45) is 0. The zero-order chi connectivity index (χ0) is 15.4. The zero-order valence-electron chi connectivity index (χ0n) is 11.9. The minimum absolute atomic E-state index is 0.0652. The van der Waals surface area contributed by atoms with E-state index < -0.39 is 0 Å². The van der Waals surface area contributed by atoms with Gasteiger partial charge in [-0.1, -0.05) is 29.3 Å². The predicted molar refractivity (Wildman–Crippen MR) is 86.4 cm³/mol. The average molecular weight is 326 g/mol. The van der Waals surface area contributed by atoms with Crippen LogP contribution in [0.5, 0.6) is 11.5 Å². The molecule has 0 bridgehead atoms. The van der Waals surface area contributed by atoms with Gasteiger partial charge >= 0.3 is 0 Å². The molecule has 2 aromatic carbocycles. The SMILES string of the molecule is COc1ccc(Cl)cc1COc1ccc([C@@H](C)N)cc1Cl. The fraction of sp³-hybridized carbons (Fsp3) is 0.250. The quantitative estimate of drug-likeness (QED) is 0.873. The molecule has 0 fully saturated rings. The van der Waals surface area contributed by atoms with Gasteiger partial charge in [-0.2, -0.15) is 0 Å². The van der Waals surface area contributed by atoms with E-state index in [1.165, 1.54) is 0 Å². The number of benzene rings is 2. The van der Waals surface area contributed by atoms with Gasteiger partial charge in [-0.3, -0.25) is 0 Å². The van der Waals surface area contributed by atoms with Crippen molar-refractivity contribution in [3.05, 3.63) is 57.6 Å². The summed E-state index contributed by atoms with van der Waals surface area (Å²) in [7, 11) is 1.61. The van der Waals surface area contributed by atoms with Crippen LogP contribution in [0.25, 0.3) is 0 Å². The van der Waals surface area contributed by atoms with E-state index in [0.29, 0.717) is 22.4 Å². The lowest BCUT2D eigenvalue weighted by Gasteiger charge is -2.13. The van der Waals surface area contributed by atoms with E-state index in [1.807, 2.05) is 37.3 Å². The molecule has 0 saturated heterocycles. The summed E-state index contributed by atoms with van der Waals surface area (Å²) in [4.78, 5) is 0. The smallest absolute Gasteiger partial charge is 0.138 e. The highest BCUT2D eigenvalue weighted by molar-refractivity contribution is 6.32. The summed E-state index contributed by atoms with van der Waals surface area (Å²) in [6.45, 7) is 2.23. The molecule has 2 N–H and O–H groups in total. The van der Waals surface area contributed by atoms with Crippen molar-refractivity contribution in [2.45, 2.75) is 19.6 Å². The molecule has 3 nitrogen and oxygen atoms in total. The Bertz CT molecular complexity index is 630. The normalized spacial score (nSPS) is 12.0. The Morgan fingerprint density at radius 1 is 1.10 bits per heavy atom. The van der Waals surface area contributed by atoms with E-state index in [0.717, 1.165) is 16.9 Å². The van der Waals surface area contributed by atoms with Gasteiger partial charge in [-0.25, -0.2) is 0 Å². The Morgan fingerprint density at radius 3 is 2.43 bits per heavy atom. The molecule has 2 aromatic rings. The fourth-order valence-corrected chi connectivity index (χ4v) is 2.37. The molecule has 0 radical (unpaired) electrons. The van der Waals surface area contributed by atoms with E-state index in [9.17, 15) is 0 Å². The Labute approximate surface area is 134 Å². The first-order valence-electron chi connectivity index (χ1n) is 6.51. The maximum Gasteiger partial charge on any atom is 0.138 e.